The lowest BCUT2D eigenvalue weighted by atomic mass is 10.2. The van der Waals surface area contributed by atoms with Crippen LogP contribution in [0.5, 0.6) is 11.6 Å². The van der Waals surface area contributed by atoms with Crippen LogP contribution in [-0.2, 0) is 0 Å². The molecule has 4 aromatic heterocycles. The number of anilines is 3. The molecule has 0 aliphatic heterocycles. The van der Waals surface area contributed by atoms with E-state index in [-0.39, 0.29) is 5.91 Å². The third-order valence-electron chi connectivity index (χ3n) is 4.28. The molecule has 0 spiro atoms. The van der Waals surface area contributed by atoms with Gasteiger partial charge in [0.15, 0.2) is 0 Å². The molecular weight excluding hydrogens is 392 g/mol. The van der Waals surface area contributed by atoms with Crippen LogP contribution in [0.2, 0.25) is 0 Å². The summed E-state index contributed by atoms with van der Waals surface area (Å²) in [5.41, 5.74) is 3.63. The molecule has 0 aliphatic rings. The highest BCUT2D eigenvalue weighted by Gasteiger charge is 2.08. The number of nitrogens with zero attached hydrogens (tertiary/aromatic N) is 4. The van der Waals surface area contributed by atoms with Crippen LogP contribution in [0.3, 0.4) is 0 Å². The molecule has 0 saturated heterocycles. The first-order valence-electron chi connectivity index (χ1n) is 9.59. The van der Waals surface area contributed by atoms with Gasteiger partial charge in [-0.25, -0.2) is 9.97 Å². The van der Waals surface area contributed by atoms with E-state index in [9.17, 15) is 4.79 Å². The van der Waals surface area contributed by atoms with Crippen molar-refractivity contribution in [2.75, 3.05) is 10.6 Å². The maximum Gasteiger partial charge on any atom is 0.257 e. The number of hydrogen-bond donors (Lipinski definition) is 2. The van der Waals surface area contributed by atoms with Crippen molar-refractivity contribution in [2.24, 2.45) is 0 Å². The van der Waals surface area contributed by atoms with Crippen molar-refractivity contribution in [3.05, 3.63) is 90.3 Å². The predicted octanol–water partition coefficient (Wildman–Crippen LogP) is 4.67. The second kappa shape index (κ2) is 9.00. The Kier molecular flexibility index (Phi) is 5.79. The van der Waals surface area contributed by atoms with Crippen molar-refractivity contribution < 1.29 is 9.53 Å². The molecule has 4 heterocycles. The van der Waals surface area contributed by atoms with Gasteiger partial charge in [-0.1, -0.05) is 0 Å². The summed E-state index contributed by atoms with van der Waals surface area (Å²) in [7, 11) is 0. The first kappa shape index (κ1) is 20.0. The van der Waals surface area contributed by atoms with Crippen LogP contribution < -0.4 is 15.4 Å². The minimum absolute atomic E-state index is 0.279. The normalized spacial score (nSPS) is 10.4. The van der Waals surface area contributed by atoms with Gasteiger partial charge in [0.1, 0.15) is 11.6 Å². The topological polar surface area (TPSA) is 102 Å². The van der Waals surface area contributed by atoms with Crippen molar-refractivity contribution in [2.45, 2.75) is 13.8 Å². The molecular formula is C23H20N6O2. The van der Waals surface area contributed by atoms with E-state index < -0.39 is 0 Å². The fourth-order valence-corrected chi connectivity index (χ4v) is 2.79. The lowest BCUT2D eigenvalue weighted by molar-refractivity contribution is 0.102. The molecule has 1 amide bonds. The lowest BCUT2D eigenvalue weighted by Gasteiger charge is -2.09. The van der Waals surface area contributed by atoms with Gasteiger partial charge in [-0.15, -0.1) is 0 Å². The monoisotopic (exact) mass is 412 g/mol. The Morgan fingerprint density at radius 2 is 1.61 bits per heavy atom. The fraction of sp³-hybridized carbons (Fsp3) is 0.0870. The summed E-state index contributed by atoms with van der Waals surface area (Å²) in [6.45, 7) is 3.80. The second-order valence-corrected chi connectivity index (χ2v) is 6.82. The van der Waals surface area contributed by atoms with Gasteiger partial charge in [-0.05, 0) is 50.2 Å². The van der Waals surface area contributed by atoms with Crippen molar-refractivity contribution in [3.63, 3.8) is 0 Å². The summed E-state index contributed by atoms with van der Waals surface area (Å²) < 4.78 is 5.69. The molecule has 154 valence electrons. The van der Waals surface area contributed by atoms with Crippen LogP contribution in [-0.4, -0.2) is 25.8 Å². The molecule has 4 aromatic rings. The van der Waals surface area contributed by atoms with Crippen molar-refractivity contribution in [1.82, 2.24) is 19.9 Å². The number of amides is 1. The molecule has 0 bridgehead atoms. The SMILES string of the molecule is Cc1cc(Nc2ccc(C(=O)Nc3ccc(Oc4ccnc(C)c4)nc3)cn2)ccn1. The lowest BCUT2D eigenvalue weighted by Crippen LogP contribution is -2.12. The predicted molar refractivity (Wildman–Crippen MR) is 118 cm³/mol. The average Bonchev–Trinajstić information content (AvgIpc) is 2.76. The van der Waals surface area contributed by atoms with Crippen LogP contribution >= 0.6 is 0 Å². The summed E-state index contributed by atoms with van der Waals surface area (Å²) in [6.07, 6.45) is 6.45. The molecule has 0 aromatic carbocycles. The number of nitrogens with one attached hydrogen (secondary N) is 2. The smallest absolute Gasteiger partial charge is 0.257 e. The number of ether oxygens (including phenoxy) is 1. The minimum atomic E-state index is -0.279. The fourth-order valence-electron chi connectivity index (χ4n) is 2.79. The molecule has 8 nitrogen and oxygen atoms in total. The van der Waals surface area contributed by atoms with Gasteiger partial charge >= 0.3 is 0 Å². The molecule has 0 fully saturated rings. The van der Waals surface area contributed by atoms with E-state index >= 15 is 0 Å². The maximum absolute atomic E-state index is 12.5. The highest BCUT2D eigenvalue weighted by atomic mass is 16.5. The number of aromatic nitrogens is 4. The van der Waals surface area contributed by atoms with Gasteiger partial charge in [0.25, 0.3) is 5.91 Å². The molecule has 0 unspecified atom stereocenters. The Labute approximate surface area is 179 Å². The first-order valence-corrected chi connectivity index (χ1v) is 9.59. The van der Waals surface area contributed by atoms with E-state index in [1.165, 1.54) is 12.4 Å². The Bertz CT molecular complexity index is 1190. The van der Waals surface area contributed by atoms with Gasteiger partial charge in [-0.3, -0.25) is 14.8 Å². The zero-order valence-electron chi connectivity index (χ0n) is 17.0. The minimum Gasteiger partial charge on any atom is -0.439 e. The first-order chi connectivity index (χ1) is 15.0. The highest BCUT2D eigenvalue weighted by molar-refractivity contribution is 6.04. The van der Waals surface area contributed by atoms with Crippen LogP contribution in [0.25, 0.3) is 0 Å². The Balaban J connectivity index is 1.36. The maximum atomic E-state index is 12.5. The number of hydrogen-bond acceptors (Lipinski definition) is 7. The Morgan fingerprint density at radius 1 is 0.806 bits per heavy atom. The molecule has 0 radical (unpaired) electrons. The quantitative estimate of drug-likeness (QED) is 0.474. The van der Waals surface area contributed by atoms with E-state index in [0.29, 0.717) is 28.7 Å². The van der Waals surface area contributed by atoms with Gasteiger partial charge in [0.05, 0.1) is 17.4 Å². The van der Waals surface area contributed by atoms with E-state index in [1.807, 2.05) is 32.0 Å². The molecule has 4 rings (SSSR count). The van der Waals surface area contributed by atoms with Crippen molar-refractivity contribution in [3.8, 4) is 11.6 Å². The Morgan fingerprint density at radius 3 is 2.29 bits per heavy atom. The number of rotatable bonds is 6. The van der Waals surface area contributed by atoms with Crippen LogP contribution in [0.4, 0.5) is 17.2 Å². The third-order valence-corrected chi connectivity index (χ3v) is 4.28. The second-order valence-electron chi connectivity index (χ2n) is 6.82. The number of pyridine rings is 4. The van der Waals surface area contributed by atoms with Crippen molar-refractivity contribution in [1.29, 1.82) is 0 Å². The third kappa shape index (κ3) is 5.39. The van der Waals surface area contributed by atoms with E-state index in [1.54, 1.807) is 42.7 Å². The number of carbonyl (C=O) groups excluding carboxylic acids is 1. The highest BCUT2D eigenvalue weighted by Crippen LogP contribution is 2.21. The van der Waals surface area contributed by atoms with Gasteiger partial charge in [-0.2, -0.15) is 0 Å². The zero-order chi connectivity index (χ0) is 21.6. The van der Waals surface area contributed by atoms with Crippen LogP contribution in [0, 0.1) is 13.8 Å². The van der Waals surface area contributed by atoms with Crippen molar-refractivity contribution >= 4 is 23.1 Å². The molecule has 0 saturated carbocycles. The van der Waals surface area contributed by atoms with Crippen LogP contribution in [0.1, 0.15) is 21.7 Å². The molecule has 31 heavy (non-hydrogen) atoms. The summed E-state index contributed by atoms with van der Waals surface area (Å²) >= 11 is 0. The zero-order valence-corrected chi connectivity index (χ0v) is 17.0. The Hall–Kier alpha value is -4.33. The molecule has 8 heteroatoms. The average molecular weight is 412 g/mol. The van der Waals surface area contributed by atoms with Crippen LogP contribution in [0.15, 0.2) is 73.3 Å². The van der Waals surface area contributed by atoms with Gasteiger partial charge in [0.2, 0.25) is 5.88 Å². The largest absolute Gasteiger partial charge is 0.439 e. The van der Waals surface area contributed by atoms with Gasteiger partial charge < -0.3 is 15.4 Å². The van der Waals surface area contributed by atoms with E-state index in [4.69, 9.17) is 4.74 Å². The van der Waals surface area contributed by atoms with Gasteiger partial charge in [0, 0.05) is 47.8 Å². The summed E-state index contributed by atoms with van der Waals surface area (Å²) in [4.78, 5) is 29.3. The summed E-state index contributed by atoms with van der Waals surface area (Å²) in [5, 5.41) is 5.98. The van der Waals surface area contributed by atoms with E-state index in [0.717, 1.165) is 17.1 Å². The molecule has 0 atom stereocenters. The molecule has 0 aliphatic carbocycles. The summed E-state index contributed by atoms with van der Waals surface area (Å²) in [6, 6.07) is 14.2. The molecule has 2 N–H and O–H groups in total. The number of carbonyl (C=O) groups is 1. The summed E-state index contributed by atoms with van der Waals surface area (Å²) in [5.74, 6) is 1.43. The van der Waals surface area contributed by atoms with E-state index in [2.05, 4.69) is 30.6 Å². The standard InChI is InChI=1S/C23H20N6O2/c1-15-11-18(7-9-24-15)28-21-5-3-17(13-26-21)23(30)29-19-4-6-22(27-14-19)31-20-8-10-25-16(2)12-20/h3-14H,1-2H3,(H,29,30)(H,24,26,28). The number of aryl methyl sites for hydroxylation is 2.